The summed E-state index contributed by atoms with van der Waals surface area (Å²) in [5.41, 5.74) is 0. The molecule has 0 bridgehead atoms. The van der Waals surface area contributed by atoms with Gasteiger partial charge in [0.15, 0.2) is 0 Å². The normalized spacial score (nSPS) is 11.4. The molecule has 20 heavy (non-hydrogen) atoms. The SMILES string of the molecule is CNc1cc(S(=O)(=O)NCCC(=O)NC(C)C)ccn1. The number of carbonyl (C=O) groups is 1. The van der Waals surface area contributed by atoms with Crippen LogP contribution in [0.3, 0.4) is 0 Å². The third-order valence-electron chi connectivity index (χ3n) is 2.39. The van der Waals surface area contributed by atoms with Crippen molar-refractivity contribution >= 4 is 21.7 Å². The highest BCUT2D eigenvalue weighted by Gasteiger charge is 2.15. The first kappa shape index (κ1) is 16.4. The molecule has 0 aliphatic rings. The van der Waals surface area contributed by atoms with Crippen LogP contribution in [0.5, 0.6) is 0 Å². The van der Waals surface area contributed by atoms with Crippen LogP contribution in [0.25, 0.3) is 0 Å². The van der Waals surface area contributed by atoms with E-state index >= 15 is 0 Å². The van der Waals surface area contributed by atoms with Crippen LogP contribution < -0.4 is 15.4 Å². The lowest BCUT2D eigenvalue weighted by molar-refractivity contribution is -0.121. The number of sulfonamides is 1. The monoisotopic (exact) mass is 300 g/mol. The molecule has 1 aromatic rings. The minimum absolute atomic E-state index is 0.0393. The summed E-state index contributed by atoms with van der Waals surface area (Å²) in [5.74, 6) is 0.277. The Morgan fingerprint density at radius 3 is 2.70 bits per heavy atom. The van der Waals surface area contributed by atoms with Crippen molar-refractivity contribution in [3.63, 3.8) is 0 Å². The van der Waals surface area contributed by atoms with Crippen molar-refractivity contribution < 1.29 is 13.2 Å². The number of nitrogens with one attached hydrogen (secondary N) is 3. The number of pyridine rings is 1. The predicted molar refractivity (Wildman–Crippen MR) is 76.9 cm³/mol. The van der Waals surface area contributed by atoms with Gasteiger partial charge in [0.25, 0.3) is 0 Å². The maximum atomic E-state index is 12.0. The van der Waals surface area contributed by atoms with Gasteiger partial charge in [-0.05, 0) is 19.9 Å². The van der Waals surface area contributed by atoms with E-state index in [1.165, 1.54) is 18.3 Å². The van der Waals surface area contributed by atoms with Gasteiger partial charge in [0.05, 0.1) is 4.90 Å². The average molecular weight is 300 g/mol. The lowest BCUT2D eigenvalue weighted by atomic mass is 10.3. The molecule has 7 nitrogen and oxygen atoms in total. The fourth-order valence-electron chi connectivity index (χ4n) is 1.49. The largest absolute Gasteiger partial charge is 0.373 e. The maximum Gasteiger partial charge on any atom is 0.240 e. The standard InChI is InChI=1S/C12H20N4O3S/c1-9(2)16-12(17)5-7-15-20(18,19)10-4-6-14-11(8-10)13-3/h4,6,8-9,15H,5,7H2,1-3H3,(H,13,14)(H,16,17). The van der Waals surface area contributed by atoms with Gasteiger partial charge >= 0.3 is 0 Å². The highest BCUT2D eigenvalue weighted by molar-refractivity contribution is 7.89. The summed E-state index contributed by atoms with van der Waals surface area (Å²) in [6.07, 6.45) is 1.51. The molecule has 8 heteroatoms. The van der Waals surface area contributed by atoms with E-state index in [1.807, 2.05) is 13.8 Å². The molecule has 1 rings (SSSR count). The quantitative estimate of drug-likeness (QED) is 0.673. The number of rotatable bonds is 7. The van der Waals surface area contributed by atoms with Crippen LogP contribution in [-0.4, -0.2) is 38.9 Å². The Morgan fingerprint density at radius 1 is 1.40 bits per heavy atom. The van der Waals surface area contributed by atoms with Gasteiger partial charge in [-0.3, -0.25) is 4.79 Å². The first-order valence-corrected chi connectivity index (χ1v) is 7.76. The summed E-state index contributed by atoms with van der Waals surface area (Å²) >= 11 is 0. The second-order valence-electron chi connectivity index (χ2n) is 4.50. The lowest BCUT2D eigenvalue weighted by Gasteiger charge is -2.10. The van der Waals surface area contributed by atoms with Crippen molar-refractivity contribution in [2.24, 2.45) is 0 Å². The molecule has 3 N–H and O–H groups in total. The van der Waals surface area contributed by atoms with E-state index in [2.05, 4.69) is 20.3 Å². The van der Waals surface area contributed by atoms with Gasteiger partial charge in [-0.15, -0.1) is 0 Å². The Bertz CT molecular complexity index is 558. The van der Waals surface area contributed by atoms with Crippen LogP contribution >= 0.6 is 0 Å². The van der Waals surface area contributed by atoms with Gasteiger partial charge in [-0.1, -0.05) is 0 Å². The molecular formula is C12H20N4O3S. The zero-order valence-corrected chi connectivity index (χ0v) is 12.6. The Kier molecular flexibility index (Phi) is 5.90. The van der Waals surface area contributed by atoms with Gasteiger partial charge in [-0.2, -0.15) is 0 Å². The smallest absolute Gasteiger partial charge is 0.240 e. The number of hydrogen-bond donors (Lipinski definition) is 3. The van der Waals surface area contributed by atoms with Crippen LogP contribution in [0.15, 0.2) is 23.2 Å². The summed E-state index contributed by atoms with van der Waals surface area (Å²) in [7, 11) is -1.97. The highest BCUT2D eigenvalue weighted by Crippen LogP contribution is 2.11. The lowest BCUT2D eigenvalue weighted by Crippen LogP contribution is -2.34. The fraction of sp³-hybridized carbons (Fsp3) is 0.500. The molecule has 0 fully saturated rings. The molecule has 1 amide bonds. The van der Waals surface area contributed by atoms with Gasteiger partial charge < -0.3 is 10.6 Å². The highest BCUT2D eigenvalue weighted by atomic mass is 32.2. The number of anilines is 1. The molecule has 0 saturated carbocycles. The number of hydrogen-bond acceptors (Lipinski definition) is 5. The van der Waals surface area contributed by atoms with Gasteiger partial charge in [0, 0.05) is 38.3 Å². The molecule has 0 aliphatic heterocycles. The molecule has 0 unspecified atom stereocenters. The van der Waals surface area contributed by atoms with E-state index < -0.39 is 10.0 Å². The van der Waals surface area contributed by atoms with E-state index in [-0.39, 0.29) is 29.8 Å². The summed E-state index contributed by atoms with van der Waals surface area (Å²) < 4.78 is 26.4. The van der Waals surface area contributed by atoms with Crippen molar-refractivity contribution in [2.45, 2.75) is 31.2 Å². The second kappa shape index (κ2) is 7.20. The van der Waals surface area contributed by atoms with Crippen LogP contribution in [0.4, 0.5) is 5.82 Å². The van der Waals surface area contributed by atoms with Crippen molar-refractivity contribution in [2.75, 3.05) is 18.9 Å². The molecule has 1 heterocycles. The summed E-state index contributed by atoms with van der Waals surface area (Å²) in [4.78, 5) is 15.5. The first-order chi connectivity index (χ1) is 9.35. The van der Waals surface area contributed by atoms with E-state index in [0.29, 0.717) is 5.82 Å². The molecule has 0 saturated heterocycles. The Balaban J connectivity index is 2.59. The summed E-state index contributed by atoms with van der Waals surface area (Å²) in [6, 6.07) is 2.87. The Labute approximate surface area is 119 Å². The molecule has 1 aromatic heterocycles. The first-order valence-electron chi connectivity index (χ1n) is 6.28. The van der Waals surface area contributed by atoms with Crippen molar-refractivity contribution in [3.8, 4) is 0 Å². The zero-order valence-electron chi connectivity index (χ0n) is 11.8. The van der Waals surface area contributed by atoms with Crippen LogP contribution in [0.2, 0.25) is 0 Å². The predicted octanol–water partition coefficient (Wildman–Crippen LogP) is 0.316. The molecule has 0 aromatic carbocycles. The second-order valence-corrected chi connectivity index (χ2v) is 6.26. The topological polar surface area (TPSA) is 100 Å². The number of aromatic nitrogens is 1. The minimum Gasteiger partial charge on any atom is -0.373 e. The zero-order chi connectivity index (χ0) is 15.2. The Morgan fingerprint density at radius 2 is 2.10 bits per heavy atom. The van der Waals surface area contributed by atoms with Crippen LogP contribution in [0, 0.1) is 0 Å². The van der Waals surface area contributed by atoms with Crippen molar-refractivity contribution in [1.29, 1.82) is 0 Å². The van der Waals surface area contributed by atoms with Gasteiger partial charge in [-0.25, -0.2) is 18.1 Å². The number of amides is 1. The summed E-state index contributed by atoms with van der Waals surface area (Å²) in [6.45, 7) is 3.74. The van der Waals surface area contributed by atoms with E-state index in [0.717, 1.165) is 0 Å². The van der Waals surface area contributed by atoms with E-state index in [1.54, 1.807) is 7.05 Å². The van der Waals surface area contributed by atoms with Gasteiger partial charge in [0.1, 0.15) is 5.82 Å². The van der Waals surface area contributed by atoms with Crippen LogP contribution in [-0.2, 0) is 14.8 Å². The molecule has 0 radical (unpaired) electrons. The molecule has 0 atom stereocenters. The maximum absolute atomic E-state index is 12.0. The average Bonchev–Trinajstić information content (AvgIpc) is 2.37. The molecule has 0 aliphatic carbocycles. The third kappa shape index (κ3) is 5.14. The Hall–Kier alpha value is -1.67. The van der Waals surface area contributed by atoms with E-state index in [4.69, 9.17) is 0 Å². The minimum atomic E-state index is -3.63. The molecular weight excluding hydrogens is 280 g/mol. The van der Waals surface area contributed by atoms with E-state index in [9.17, 15) is 13.2 Å². The molecule has 0 spiro atoms. The van der Waals surface area contributed by atoms with Crippen molar-refractivity contribution in [1.82, 2.24) is 15.0 Å². The van der Waals surface area contributed by atoms with Gasteiger partial charge in [0.2, 0.25) is 15.9 Å². The van der Waals surface area contributed by atoms with Crippen molar-refractivity contribution in [3.05, 3.63) is 18.3 Å². The molecule has 112 valence electrons. The summed E-state index contributed by atoms with van der Waals surface area (Å²) in [5, 5.41) is 5.46. The number of carbonyl (C=O) groups excluding carboxylic acids is 1. The fourth-order valence-corrected chi connectivity index (χ4v) is 2.54. The third-order valence-corrected chi connectivity index (χ3v) is 3.85. The number of nitrogens with zero attached hydrogens (tertiary/aromatic N) is 1. The van der Waals surface area contributed by atoms with Crippen LogP contribution in [0.1, 0.15) is 20.3 Å².